The number of furan rings is 1. The first kappa shape index (κ1) is 30.8. The van der Waals surface area contributed by atoms with Crippen LogP contribution in [0.5, 0.6) is 0 Å². The fourth-order valence-corrected chi connectivity index (χ4v) is 8.64. The summed E-state index contributed by atoms with van der Waals surface area (Å²) in [5.41, 5.74) is 7.71. The SMILES string of the molecule is c1ccc(-c2nc(-c3ccc4ccccc4c3)nc(-c3cccc4oc5ccc(-n6c7ccc8ccccc8c7c7c8ccccc8ccc76)cc5c34)n2)cc1. The number of rotatable bonds is 4. The van der Waals surface area contributed by atoms with Gasteiger partial charge in [0.05, 0.1) is 11.0 Å². The van der Waals surface area contributed by atoms with E-state index < -0.39 is 0 Å². The van der Waals surface area contributed by atoms with Gasteiger partial charge in [0.1, 0.15) is 11.2 Å². The first-order valence-electron chi connectivity index (χ1n) is 18.9. The van der Waals surface area contributed by atoms with E-state index in [9.17, 15) is 0 Å². The van der Waals surface area contributed by atoms with Gasteiger partial charge in [0, 0.05) is 43.9 Å². The van der Waals surface area contributed by atoms with Gasteiger partial charge >= 0.3 is 0 Å². The van der Waals surface area contributed by atoms with Crippen molar-refractivity contribution in [3.05, 3.63) is 182 Å². The normalized spacial score (nSPS) is 11.9. The van der Waals surface area contributed by atoms with Crippen molar-refractivity contribution < 1.29 is 4.42 Å². The Kier molecular flexibility index (Phi) is 6.56. The predicted octanol–water partition coefficient (Wildman–Crippen LogP) is 13.3. The van der Waals surface area contributed by atoms with Crippen molar-refractivity contribution in [3.63, 3.8) is 0 Å². The number of nitrogens with zero attached hydrogens (tertiary/aromatic N) is 4. The Morgan fingerprint density at radius 3 is 1.70 bits per heavy atom. The summed E-state index contributed by atoms with van der Waals surface area (Å²) in [6.07, 6.45) is 0. The Balaban J connectivity index is 1.12. The fourth-order valence-electron chi connectivity index (χ4n) is 8.64. The minimum absolute atomic E-state index is 0.593. The molecule has 3 heterocycles. The molecule has 12 rings (SSSR count). The highest BCUT2D eigenvalue weighted by molar-refractivity contribution is 6.28. The molecule has 5 nitrogen and oxygen atoms in total. The number of hydrogen-bond donors (Lipinski definition) is 0. The van der Waals surface area contributed by atoms with Crippen molar-refractivity contribution in [1.29, 1.82) is 0 Å². The number of benzene rings is 9. The second-order valence-corrected chi connectivity index (χ2v) is 14.4. The van der Waals surface area contributed by atoms with Crippen molar-refractivity contribution in [2.75, 3.05) is 0 Å². The lowest BCUT2D eigenvalue weighted by molar-refractivity contribution is 0.669. The van der Waals surface area contributed by atoms with E-state index in [0.29, 0.717) is 17.5 Å². The molecular weight excluding hydrogens is 685 g/mol. The van der Waals surface area contributed by atoms with E-state index in [4.69, 9.17) is 19.4 Å². The van der Waals surface area contributed by atoms with Gasteiger partial charge in [-0.3, -0.25) is 0 Å². The number of aromatic nitrogens is 4. The average molecular weight is 715 g/mol. The van der Waals surface area contributed by atoms with Crippen LogP contribution in [-0.4, -0.2) is 19.5 Å². The van der Waals surface area contributed by atoms with E-state index in [2.05, 4.69) is 144 Å². The highest BCUT2D eigenvalue weighted by atomic mass is 16.3. The van der Waals surface area contributed by atoms with Crippen molar-refractivity contribution in [1.82, 2.24) is 19.5 Å². The summed E-state index contributed by atoms with van der Waals surface area (Å²) in [6, 6.07) is 63.9. The molecule has 56 heavy (non-hydrogen) atoms. The van der Waals surface area contributed by atoms with Gasteiger partial charge in [-0.15, -0.1) is 0 Å². The van der Waals surface area contributed by atoms with Crippen LogP contribution in [0, 0.1) is 0 Å². The molecule has 0 spiro atoms. The molecule has 0 radical (unpaired) electrons. The second kappa shape index (κ2) is 11.9. The minimum Gasteiger partial charge on any atom is -0.456 e. The van der Waals surface area contributed by atoms with Gasteiger partial charge in [0.15, 0.2) is 17.5 Å². The molecule has 9 aromatic carbocycles. The van der Waals surface area contributed by atoms with Crippen LogP contribution < -0.4 is 0 Å². The lowest BCUT2D eigenvalue weighted by atomic mass is 10.00. The molecule has 5 heteroatoms. The van der Waals surface area contributed by atoms with E-state index in [0.717, 1.165) is 60.7 Å². The summed E-state index contributed by atoms with van der Waals surface area (Å²) in [5, 5.41) is 11.7. The highest BCUT2D eigenvalue weighted by Gasteiger charge is 2.21. The van der Waals surface area contributed by atoms with Crippen LogP contribution in [0.15, 0.2) is 186 Å². The average Bonchev–Trinajstić information content (AvgIpc) is 3.82. The molecule has 0 N–H and O–H groups in total. The third-order valence-electron chi connectivity index (χ3n) is 11.2. The highest BCUT2D eigenvalue weighted by Crippen LogP contribution is 2.42. The molecule has 12 aromatic rings. The van der Waals surface area contributed by atoms with E-state index in [1.165, 1.54) is 37.7 Å². The van der Waals surface area contributed by atoms with Crippen LogP contribution in [0.3, 0.4) is 0 Å². The summed E-state index contributed by atoms with van der Waals surface area (Å²) in [5.74, 6) is 1.83. The van der Waals surface area contributed by atoms with Crippen molar-refractivity contribution in [2.45, 2.75) is 0 Å². The molecule has 0 amide bonds. The lowest BCUT2D eigenvalue weighted by Gasteiger charge is -2.10. The molecule has 0 unspecified atom stereocenters. The van der Waals surface area contributed by atoms with Gasteiger partial charge in [-0.25, -0.2) is 15.0 Å². The van der Waals surface area contributed by atoms with Crippen LogP contribution in [0.1, 0.15) is 0 Å². The summed E-state index contributed by atoms with van der Waals surface area (Å²) in [6.45, 7) is 0. The third-order valence-corrected chi connectivity index (χ3v) is 11.2. The summed E-state index contributed by atoms with van der Waals surface area (Å²) in [7, 11) is 0. The van der Waals surface area contributed by atoms with Gasteiger partial charge in [-0.1, -0.05) is 140 Å². The van der Waals surface area contributed by atoms with Gasteiger partial charge in [-0.2, -0.15) is 0 Å². The number of hydrogen-bond acceptors (Lipinski definition) is 4. The largest absolute Gasteiger partial charge is 0.456 e. The zero-order valence-electron chi connectivity index (χ0n) is 30.0. The quantitative estimate of drug-likeness (QED) is 0.182. The van der Waals surface area contributed by atoms with Gasteiger partial charge in [-0.05, 0) is 74.8 Å². The van der Waals surface area contributed by atoms with Crippen LogP contribution in [0.4, 0.5) is 0 Å². The van der Waals surface area contributed by atoms with Gasteiger partial charge in [0.2, 0.25) is 0 Å². The second-order valence-electron chi connectivity index (χ2n) is 14.4. The molecule has 0 atom stereocenters. The smallest absolute Gasteiger partial charge is 0.164 e. The monoisotopic (exact) mass is 714 g/mol. The molecule has 3 aromatic heterocycles. The third kappa shape index (κ3) is 4.64. The molecule has 260 valence electrons. The van der Waals surface area contributed by atoms with Crippen LogP contribution >= 0.6 is 0 Å². The summed E-state index contributed by atoms with van der Waals surface area (Å²) in [4.78, 5) is 15.4. The Morgan fingerprint density at radius 1 is 0.357 bits per heavy atom. The Labute approximate surface area is 320 Å². The maximum Gasteiger partial charge on any atom is 0.164 e. The fraction of sp³-hybridized carbons (Fsp3) is 0. The zero-order valence-corrected chi connectivity index (χ0v) is 30.0. The Morgan fingerprint density at radius 2 is 0.964 bits per heavy atom. The first-order chi connectivity index (χ1) is 27.7. The molecule has 0 bridgehead atoms. The zero-order chi connectivity index (χ0) is 36.7. The van der Waals surface area contributed by atoms with Crippen LogP contribution in [-0.2, 0) is 0 Å². The van der Waals surface area contributed by atoms with Crippen molar-refractivity contribution in [2.24, 2.45) is 0 Å². The lowest BCUT2D eigenvalue weighted by Crippen LogP contribution is -2.00. The molecule has 0 aliphatic carbocycles. The maximum absolute atomic E-state index is 6.57. The standard InChI is InChI=1S/C51H30N4O/c1-2-14-34(15-3-1)49-52-50(36-22-21-31-11-4-5-16-35(31)29-36)54-51(53-49)40-19-10-20-45-46(40)41-30-37(25-28-44(41)56-45)55-42-26-23-32-12-6-8-17-38(32)47(42)48-39-18-9-7-13-33(39)24-27-43(48)55/h1-30H. The van der Waals surface area contributed by atoms with E-state index >= 15 is 0 Å². The molecule has 0 aliphatic rings. The molecule has 0 aliphatic heterocycles. The van der Waals surface area contributed by atoms with E-state index in [1.807, 2.05) is 42.5 Å². The van der Waals surface area contributed by atoms with Gasteiger partial charge in [0.25, 0.3) is 0 Å². The van der Waals surface area contributed by atoms with Crippen LogP contribution in [0.2, 0.25) is 0 Å². The number of fused-ring (bicyclic) bond motifs is 11. The summed E-state index contributed by atoms with van der Waals surface area (Å²) < 4.78 is 8.98. The van der Waals surface area contributed by atoms with Gasteiger partial charge < -0.3 is 8.98 Å². The summed E-state index contributed by atoms with van der Waals surface area (Å²) >= 11 is 0. The maximum atomic E-state index is 6.57. The van der Waals surface area contributed by atoms with Crippen molar-refractivity contribution >= 4 is 76.1 Å². The van der Waals surface area contributed by atoms with E-state index in [-0.39, 0.29) is 0 Å². The Bertz CT molecular complexity index is 3450. The molecule has 0 saturated heterocycles. The van der Waals surface area contributed by atoms with Crippen LogP contribution in [0.25, 0.3) is 116 Å². The minimum atomic E-state index is 0.593. The predicted molar refractivity (Wildman–Crippen MR) is 230 cm³/mol. The topological polar surface area (TPSA) is 56.7 Å². The molecule has 0 saturated carbocycles. The molecular formula is C51H30N4O. The molecule has 0 fully saturated rings. The first-order valence-corrected chi connectivity index (χ1v) is 18.9. The van der Waals surface area contributed by atoms with Crippen molar-refractivity contribution in [3.8, 4) is 39.9 Å². The van der Waals surface area contributed by atoms with E-state index in [1.54, 1.807) is 0 Å². The Hall–Kier alpha value is -7.63.